The average molecular weight is 838 g/mol. The van der Waals surface area contributed by atoms with Crippen LogP contribution in [0.4, 0.5) is 0 Å². The van der Waals surface area contributed by atoms with Gasteiger partial charge >= 0.3 is 0 Å². The van der Waals surface area contributed by atoms with Gasteiger partial charge in [-0.1, -0.05) is 214 Å². The van der Waals surface area contributed by atoms with E-state index in [-0.39, 0.29) is 11.3 Å². The molecule has 3 aliphatic rings. The van der Waals surface area contributed by atoms with Crippen molar-refractivity contribution in [2.75, 3.05) is 0 Å². The van der Waals surface area contributed by atoms with E-state index in [1.165, 1.54) is 132 Å². The summed E-state index contributed by atoms with van der Waals surface area (Å²) in [5.74, 6) is -0.0660. The number of hydrogen-bond donors (Lipinski definition) is 0. The maximum Gasteiger partial charge on any atom is 0.0754 e. The molecule has 0 N–H and O–H groups in total. The molecule has 0 saturated heterocycles. The summed E-state index contributed by atoms with van der Waals surface area (Å²) in [4.78, 5) is 0. The van der Waals surface area contributed by atoms with E-state index in [4.69, 9.17) is 0 Å². The second-order valence-corrected chi connectivity index (χ2v) is 19.4. The lowest BCUT2D eigenvalue weighted by atomic mass is 9.65. The van der Waals surface area contributed by atoms with Crippen molar-refractivity contribution in [3.8, 4) is 27.9 Å². The maximum atomic E-state index is 2.56. The molecule has 12 aromatic rings. The van der Waals surface area contributed by atoms with E-state index in [1.54, 1.807) is 0 Å². The molecule has 308 valence electrons. The number of rotatable bonds is 3. The predicted molar refractivity (Wildman–Crippen MR) is 276 cm³/mol. The molecule has 2 heterocycles. The van der Waals surface area contributed by atoms with Gasteiger partial charge in [-0.15, -0.1) is 0 Å². The van der Waals surface area contributed by atoms with E-state index < -0.39 is 5.41 Å². The second-order valence-electron chi connectivity index (χ2n) is 19.4. The number of benzene rings is 11. The zero-order chi connectivity index (χ0) is 43.5. The highest BCUT2D eigenvalue weighted by Crippen LogP contribution is 2.63. The van der Waals surface area contributed by atoms with Crippen LogP contribution in [-0.2, 0) is 10.8 Å². The fourth-order valence-corrected chi connectivity index (χ4v) is 13.4. The first-order valence-electron chi connectivity index (χ1n) is 23.5. The van der Waals surface area contributed by atoms with Crippen LogP contribution in [0.2, 0.25) is 0 Å². The zero-order valence-corrected chi connectivity index (χ0v) is 36.8. The molecule has 0 saturated carbocycles. The summed E-state index contributed by atoms with van der Waals surface area (Å²) < 4.78 is 2.54. The minimum Gasteiger partial charge on any atom is -0.309 e. The molecule has 15 rings (SSSR count). The van der Waals surface area contributed by atoms with Gasteiger partial charge in [-0.05, 0) is 123 Å². The summed E-state index contributed by atoms with van der Waals surface area (Å²) >= 11 is 0. The van der Waals surface area contributed by atoms with Gasteiger partial charge in [-0.25, -0.2) is 0 Å². The maximum absolute atomic E-state index is 2.56. The summed E-state index contributed by atoms with van der Waals surface area (Å²) in [6, 6.07) is 83.5. The molecule has 0 fully saturated rings. The van der Waals surface area contributed by atoms with Crippen molar-refractivity contribution in [1.29, 1.82) is 0 Å². The molecule has 11 aromatic carbocycles. The number of para-hydroxylation sites is 3. The SMILES string of the molecule is CC1(C)c2ccccc2-c2ccc(C(c3ccc4c5ccccc5c5ccccc5c4c3)c3cccc4c3-c3ccccc3C43c4ccccc4-n4c5ccccc5c5cccc3c54)cc21. The molecular formula is C65H43N. The zero-order valence-electron chi connectivity index (χ0n) is 36.8. The Kier molecular flexibility index (Phi) is 7.07. The molecule has 2 atom stereocenters. The summed E-state index contributed by atoms with van der Waals surface area (Å²) in [6.07, 6.45) is 0. The summed E-state index contributed by atoms with van der Waals surface area (Å²) in [5, 5.41) is 10.4. The molecule has 0 amide bonds. The lowest BCUT2D eigenvalue weighted by molar-refractivity contribution is 0.659. The van der Waals surface area contributed by atoms with E-state index in [9.17, 15) is 0 Å². The van der Waals surface area contributed by atoms with Crippen LogP contribution < -0.4 is 0 Å². The fourth-order valence-electron chi connectivity index (χ4n) is 13.4. The first-order valence-corrected chi connectivity index (χ1v) is 23.5. The highest BCUT2D eigenvalue weighted by atomic mass is 15.0. The van der Waals surface area contributed by atoms with Crippen molar-refractivity contribution in [3.63, 3.8) is 0 Å². The average Bonchev–Trinajstić information content (AvgIpc) is 3.95. The van der Waals surface area contributed by atoms with Crippen molar-refractivity contribution in [2.45, 2.75) is 30.6 Å². The number of aromatic nitrogens is 1. The molecule has 0 bridgehead atoms. The largest absolute Gasteiger partial charge is 0.309 e. The van der Waals surface area contributed by atoms with Gasteiger partial charge in [0.1, 0.15) is 0 Å². The third-order valence-electron chi connectivity index (χ3n) is 16.1. The van der Waals surface area contributed by atoms with Gasteiger partial charge in [-0.3, -0.25) is 0 Å². The summed E-state index contributed by atoms with van der Waals surface area (Å²) in [6.45, 7) is 4.81. The number of nitrogens with zero attached hydrogens (tertiary/aromatic N) is 1. The molecular weight excluding hydrogens is 795 g/mol. The minimum absolute atomic E-state index is 0.0660. The van der Waals surface area contributed by atoms with Crippen LogP contribution >= 0.6 is 0 Å². The standard InChI is InChI=1S/C65H43N/c1-64(2)53-26-10-7-21-46(53)47-36-34-40(38-58(47)64)61(39-33-35-45-43-19-4-3-17-41(43)42-18-5-6-20-44(42)52(45)37-39)51-25-16-29-56-62(51)50-23-8-11-27-54(50)65(56)55-28-12-14-32-60(55)66-59-31-13-9-22-48(59)49-24-15-30-57(65)63(49)66/h3-38,61H,1-2H3. The Morgan fingerprint density at radius 2 is 0.879 bits per heavy atom. The Morgan fingerprint density at radius 3 is 1.67 bits per heavy atom. The quantitative estimate of drug-likeness (QED) is 0.123. The van der Waals surface area contributed by atoms with Crippen molar-refractivity contribution in [2.24, 2.45) is 0 Å². The molecule has 1 aliphatic heterocycles. The highest BCUT2D eigenvalue weighted by molar-refractivity contribution is 6.25. The Morgan fingerprint density at radius 1 is 0.348 bits per heavy atom. The van der Waals surface area contributed by atoms with Crippen LogP contribution in [0, 0.1) is 0 Å². The molecule has 1 nitrogen and oxygen atoms in total. The molecule has 2 unspecified atom stereocenters. The molecule has 1 heteroatoms. The third-order valence-corrected chi connectivity index (χ3v) is 16.1. The van der Waals surface area contributed by atoms with Gasteiger partial charge in [0.25, 0.3) is 0 Å². The monoisotopic (exact) mass is 837 g/mol. The summed E-state index contributed by atoms with van der Waals surface area (Å²) in [7, 11) is 0. The van der Waals surface area contributed by atoms with Gasteiger partial charge in [0.2, 0.25) is 0 Å². The first-order chi connectivity index (χ1) is 32.5. The Bertz CT molecular complexity index is 4070. The predicted octanol–water partition coefficient (Wildman–Crippen LogP) is 16.4. The van der Waals surface area contributed by atoms with E-state index >= 15 is 0 Å². The van der Waals surface area contributed by atoms with Crippen LogP contribution in [-0.4, -0.2) is 4.57 Å². The Labute approximate surface area is 383 Å². The highest BCUT2D eigenvalue weighted by Gasteiger charge is 2.51. The molecule has 1 spiro atoms. The molecule has 0 radical (unpaired) electrons. The molecule has 1 aromatic heterocycles. The Balaban J connectivity index is 1.06. The van der Waals surface area contributed by atoms with Crippen LogP contribution in [0.15, 0.2) is 218 Å². The lowest BCUT2D eigenvalue weighted by Crippen LogP contribution is -2.33. The normalized spacial score (nSPS) is 16.5. The van der Waals surface area contributed by atoms with Gasteiger partial charge in [0.05, 0.1) is 22.1 Å². The Hall–Kier alpha value is -8.00. The first kappa shape index (κ1) is 36.4. The van der Waals surface area contributed by atoms with Crippen molar-refractivity contribution in [1.82, 2.24) is 4.57 Å². The van der Waals surface area contributed by atoms with Crippen LogP contribution in [0.5, 0.6) is 0 Å². The van der Waals surface area contributed by atoms with E-state index in [2.05, 4.69) is 237 Å². The van der Waals surface area contributed by atoms with Crippen LogP contribution in [0.1, 0.15) is 69.8 Å². The lowest BCUT2D eigenvalue weighted by Gasteiger charge is -2.39. The van der Waals surface area contributed by atoms with E-state index in [1.807, 2.05) is 0 Å². The van der Waals surface area contributed by atoms with E-state index in [0.29, 0.717) is 0 Å². The van der Waals surface area contributed by atoms with Crippen molar-refractivity contribution in [3.05, 3.63) is 268 Å². The molecule has 2 aliphatic carbocycles. The van der Waals surface area contributed by atoms with Gasteiger partial charge in [0, 0.05) is 22.1 Å². The number of hydrogen-bond acceptors (Lipinski definition) is 0. The summed E-state index contributed by atoms with van der Waals surface area (Å²) in [5.41, 5.74) is 20.6. The third kappa shape index (κ3) is 4.41. The minimum atomic E-state index is -0.535. The second kappa shape index (κ2) is 12.8. The van der Waals surface area contributed by atoms with Crippen LogP contribution in [0.25, 0.3) is 82.1 Å². The number of fused-ring (bicyclic) bond motifs is 21. The smallest absolute Gasteiger partial charge is 0.0754 e. The van der Waals surface area contributed by atoms with E-state index in [0.717, 1.165) is 0 Å². The van der Waals surface area contributed by atoms with Crippen LogP contribution in [0.3, 0.4) is 0 Å². The van der Waals surface area contributed by atoms with Crippen molar-refractivity contribution < 1.29 is 0 Å². The fraction of sp³-hybridized carbons (Fsp3) is 0.0769. The van der Waals surface area contributed by atoms with Gasteiger partial charge < -0.3 is 4.57 Å². The molecule has 66 heavy (non-hydrogen) atoms. The van der Waals surface area contributed by atoms with Crippen molar-refractivity contribution >= 4 is 54.1 Å². The van der Waals surface area contributed by atoms with Gasteiger partial charge in [0.15, 0.2) is 0 Å². The van der Waals surface area contributed by atoms with Gasteiger partial charge in [-0.2, -0.15) is 0 Å². The topological polar surface area (TPSA) is 4.93 Å².